The van der Waals surface area contributed by atoms with Gasteiger partial charge < -0.3 is 25.4 Å². The second kappa shape index (κ2) is 7.94. The fraction of sp³-hybridized carbons (Fsp3) is 0.500. The van der Waals surface area contributed by atoms with Gasteiger partial charge in [-0.15, -0.1) is 0 Å². The van der Waals surface area contributed by atoms with Gasteiger partial charge in [-0.25, -0.2) is 0 Å². The van der Waals surface area contributed by atoms with Crippen molar-refractivity contribution in [2.75, 3.05) is 25.6 Å². The van der Waals surface area contributed by atoms with E-state index in [0.29, 0.717) is 31.1 Å². The topological polar surface area (TPSA) is 88.7 Å². The average Bonchev–Trinajstić information content (AvgIpc) is 2.52. The van der Waals surface area contributed by atoms with Crippen LogP contribution in [0.2, 0.25) is 0 Å². The monoisotopic (exact) mass is 321 g/mol. The van der Waals surface area contributed by atoms with Gasteiger partial charge in [-0.05, 0) is 24.6 Å². The Morgan fingerprint density at radius 3 is 2.87 bits per heavy atom. The van der Waals surface area contributed by atoms with Crippen LogP contribution >= 0.6 is 0 Å². The molecule has 0 radical (unpaired) electrons. The first kappa shape index (κ1) is 17.2. The summed E-state index contributed by atoms with van der Waals surface area (Å²) in [4.78, 5) is 23.5. The van der Waals surface area contributed by atoms with Gasteiger partial charge in [0.2, 0.25) is 11.8 Å². The number of anilines is 1. The van der Waals surface area contributed by atoms with Crippen molar-refractivity contribution >= 4 is 17.5 Å². The molecule has 23 heavy (non-hydrogen) atoms. The molecule has 1 aromatic rings. The highest BCUT2D eigenvalue weighted by Crippen LogP contribution is 2.25. The summed E-state index contributed by atoms with van der Waals surface area (Å²) in [6.45, 7) is 4.95. The Kier molecular flexibility index (Phi) is 5.95. The van der Waals surface area contributed by atoms with Crippen molar-refractivity contribution in [1.82, 2.24) is 10.6 Å². The number of morpholine rings is 1. The Bertz CT molecular complexity index is 576. The predicted octanol–water partition coefficient (Wildman–Crippen LogP) is 0.647. The molecule has 0 spiro atoms. The molecule has 1 aromatic carbocycles. The molecule has 2 amide bonds. The Balaban J connectivity index is 1.99. The molecule has 1 aliphatic rings. The highest BCUT2D eigenvalue weighted by molar-refractivity contribution is 5.90. The number of rotatable bonds is 5. The van der Waals surface area contributed by atoms with Gasteiger partial charge >= 0.3 is 0 Å². The van der Waals surface area contributed by atoms with Gasteiger partial charge in [0.05, 0.1) is 25.5 Å². The van der Waals surface area contributed by atoms with Crippen LogP contribution < -0.4 is 20.7 Å². The van der Waals surface area contributed by atoms with Gasteiger partial charge in [0.1, 0.15) is 11.8 Å². The van der Waals surface area contributed by atoms with Crippen LogP contribution in [0.3, 0.4) is 0 Å². The summed E-state index contributed by atoms with van der Waals surface area (Å²) in [5.74, 6) is 0.294. The molecule has 2 atom stereocenters. The summed E-state index contributed by atoms with van der Waals surface area (Å²) >= 11 is 0. The van der Waals surface area contributed by atoms with Crippen molar-refractivity contribution < 1.29 is 19.1 Å². The van der Waals surface area contributed by atoms with Gasteiger partial charge in [-0.3, -0.25) is 9.59 Å². The molecule has 0 saturated carbocycles. The van der Waals surface area contributed by atoms with Crippen LogP contribution in [-0.4, -0.2) is 44.2 Å². The number of nitrogens with one attached hydrogen (secondary N) is 3. The molecule has 7 heteroatoms. The third-order valence-corrected chi connectivity index (χ3v) is 3.64. The van der Waals surface area contributed by atoms with Crippen LogP contribution in [0.4, 0.5) is 5.69 Å². The van der Waals surface area contributed by atoms with E-state index >= 15 is 0 Å². The number of carbonyl (C=O) groups is 2. The molecule has 2 rings (SSSR count). The molecule has 7 nitrogen and oxygen atoms in total. The van der Waals surface area contributed by atoms with Gasteiger partial charge in [0, 0.05) is 20.0 Å². The number of carbonyl (C=O) groups excluding carboxylic acids is 2. The minimum absolute atomic E-state index is 0.103. The predicted molar refractivity (Wildman–Crippen MR) is 86.3 cm³/mol. The lowest BCUT2D eigenvalue weighted by molar-refractivity contribution is -0.129. The molecule has 0 aromatic heterocycles. The molecule has 0 aliphatic carbocycles. The van der Waals surface area contributed by atoms with Crippen molar-refractivity contribution in [3.05, 3.63) is 23.8 Å². The lowest BCUT2D eigenvalue weighted by atomic mass is 10.1. The fourth-order valence-electron chi connectivity index (χ4n) is 2.48. The third-order valence-electron chi connectivity index (χ3n) is 3.64. The summed E-state index contributed by atoms with van der Waals surface area (Å²) in [7, 11) is 1.54. The lowest BCUT2D eigenvalue weighted by Crippen LogP contribution is -2.55. The number of amides is 2. The maximum Gasteiger partial charge on any atom is 0.240 e. The first-order chi connectivity index (χ1) is 11.0. The molecule has 0 bridgehead atoms. The number of hydrogen-bond donors (Lipinski definition) is 3. The number of methoxy groups -OCH3 is 1. The highest BCUT2D eigenvalue weighted by atomic mass is 16.5. The summed E-state index contributed by atoms with van der Waals surface area (Å²) in [6.07, 6.45) is -0.158. The average molecular weight is 321 g/mol. The first-order valence-corrected chi connectivity index (χ1v) is 7.58. The first-order valence-electron chi connectivity index (χ1n) is 7.58. The standard InChI is InChI=1S/C16H23N3O4/c1-10-15(17-6-7-23-10)16(21)18-9-12-4-5-14(22-3)13(8-12)19-11(2)20/h4-5,8,10,15,17H,6-7,9H2,1-3H3,(H,18,21)(H,19,20)/t10-,15+/m1/s1. The molecule has 126 valence electrons. The highest BCUT2D eigenvalue weighted by Gasteiger charge is 2.27. The molecule has 1 saturated heterocycles. The Morgan fingerprint density at radius 2 is 2.22 bits per heavy atom. The van der Waals surface area contributed by atoms with Gasteiger partial charge in [-0.2, -0.15) is 0 Å². The zero-order chi connectivity index (χ0) is 16.8. The smallest absolute Gasteiger partial charge is 0.240 e. The van der Waals surface area contributed by atoms with Crippen LogP contribution in [0.15, 0.2) is 18.2 Å². The summed E-state index contributed by atoms with van der Waals surface area (Å²) < 4.78 is 10.7. The van der Waals surface area contributed by atoms with E-state index in [-0.39, 0.29) is 24.0 Å². The van der Waals surface area contributed by atoms with E-state index in [4.69, 9.17) is 9.47 Å². The number of hydrogen-bond acceptors (Lipinski definition) is 5. The van der Waals surface area contributed by atoms with Crippen LogP contribution in [0, 0.1) is 0 Å². The van der Waals surface area contributed by atoms with Crippen LogP contribution in [0.25, 0.3) is 0 Å². The zero-order valence-electron chi connectivity index (χ0n) is 13.6. The van der Waals surface area contributed by atoms with E-state index in [2.05, 4.69) is 16.0 Å². The second-order valence-electron chi connectivity index (χ2n) is 5.44. The van der Waals surface area contributed by atoms with Gasteiger partial charge in [0.25, 0.3) is 0 Å². The van der Waals surface area contributed by atoms with Crippen molar-refractivity contribution in [1.29, 1.82) is 0 Å². The SMILES string of the molecule is COc1ccc(CNC(=O)[C@H]2NCCO[C@@H]2C)cc1NC(C)=O. The van der Waals surface area contributed by atoms with E-state index in [1.54, 1.807) is 12.1 Å². The van der Waals surface area contributed by atoms with E-state index < -0.39 is 0 Å². The van der Waals surface area contributed by atoms with Crippen LogP contribution in [-0.2, 0) is 20.9 Å². The molecular weight excluding hydrogens is 298 g/mol. The minimum Gasteiger partial charge on any atom is -0.495 e. The van der Waals surface area contributed by atoms with Crippen molar-refractivity contribution in [3.8, 4) is 5.75 Å². The minimum atomic E-state index is -0.350. The second-order valence-corrected chi connectivity index (χ2v) is 5.44. The van der Waals surface area contributed by atoms with E-state index in [1.807, 2.05) is 13.0 Å². The normalized spacial score (nSPS) is 20.7. The Labute approximate surface area is 135 Å². The maximum absolute atomic E-state index is 12.2. The van der Waals surface area contributed by atoms with Gasteiger partial charge in [0.15, 0.2) is 0 Å². The summed E-state index contributed by atoms with van der Waals surface area (Å²) in [5, 5.41) is 8.74. The Hall–Kier alpha value is -2.12. The molecular formula is C16H23N3O4. The van der Waals surface area contributed by atoms with Crippen molar-refractivity contribution in [2.24, 2.45) is 0 Å². The largest absolute Gasteiger partial charge is 0.495 e. The quantitative estimate of drug-likeness (QED) is 0.741. The summed E-state index contributed by atoms with van der Waals surface area (Å²) in [5.41, 5.74) is 1.45. The number of ether oxygens (including phenoxy) is 2. The van der Waals surface area contributed by atoms with Crippen LogP contribution in [0.1, 0.15) is 19.4 Å². The van der Waals surface area contributed by atoms with Gasteiger partial charge in [-0.1, -0.05) is 6.07 Å². The molecule has 1 fully saturated rings. The third kappa shape index (κ3) is 4.67. The fourth-order valence-corrected chi connectivity index (χ4v) is 2.48. The van der Waals surface area contributed by atoms with Crippen LogP contribution in [0.5, 0.6) is 5.75 Å². The zero-order valence-corrected chi connectivity index (χ0v) is 13.6. The molecule has 0 unspecified atom stereocenters. The van der Waals surface area contributed by atoms with Crippen molar-refractivity contribution in [3.63, 3.8) is 0 Å². The molecule has 1 aliphatic heterocycles. The van der Waals surface area contributed by atoms with E-state index in [1.165, 1.54) is 14.0 Å². The number of benzene rings is 1. The van der Waals surface area contributed by atoms with Crippen molar-refractivity contribution in [2.45, 2.75) is 32.5 Å². The maximum atomic E-state index is 12.2. The summed E-state index contributed by atoms with van der Waals surface area (Å²) in [6, 6.07) is 5.04. The van der Waals surface area contributed by atoms with E-state index in [0.717, 1.165) is 5.56 Å². The Morgan fingerprint density at radius 1 is 1.43 bits per heavy atom. The van der Waals surface area contributed by atoms with E-state index in [9.17, 15) is 9.59 Å². The molecule has 1 heterocycles. The molecule has 3 N–H and O–H groups in total. The lowest BCUT2D eigenvalue weighted by Gasteiger charge is -2.29.